The zero-order valence-corrected chi connectivity index (χ0v) is 26.3. The molecule has 0 radical (unpaired) electrons. The van der Waals surface area contributed by atoms with Crippen molar-refractivity contribution in [2.24, 2.45) is 21.6 Å². The van der Waals surface area contributed by atoms with Crippen LogP contribution in [-0.2, 0) is 25.4 Å². The van der Waals surface area contributed by atoms with E-state index in [1.807, 2.05) is 0 Å². The first-order chi connectivity index (χ1) is 22.9. The summed E-state index contributed by atoms with van der Waals surface area (Å²) in [4.78, 5) is 36.8. The van der Waals surface area contributed by atoms with Crippen molar-refractivity contribution in [1.82, 2.24) is 5.06 Å². The highest BCUT2D eigenvalue weighted by atomic mass is 31.2. The standard InChI is InChI=1S/C30H33F3N7O7P/c31-30(32,33)27(41)45-40(29(42)44-20-10-2-1-9-19-37-39-36)26(21-22-15-17-23(18-16-22)38-28(34)35)48(43,46-24-11-5-3-6-12-24)47-25-13-7-4-8-14-25/h3-8,11-18,26H,1-2,9-10,19-21H2,(H4,34,35,38). The summed E-state index contributed by atoms with van der Waals surface area (Å²) in [6.07, 6.45) is -5.70. The fourth-order valence-corrected chi connectivity index (χ4v) is 6.00. The maximum Gasteiger partial charge on any atom is 0.493 e. The molecule has 3 aromatic carbocycles. The number of ether oxygens (including phenoxy) is 1. The number of hydrogen-bond donors (Lipinski definition) is 2. The highest BCUT2D eigenvalue weighted by Crippen LogP contribution is 2.55. The van der Waals surface area contributed by atoms with Gasteiger partial charge in [0.05, 0.1) is 12.3 Å². The third-order valence-electron chi connectivity index (χ3n) is 6.23. The van der Waals surface area contributed by atoms with Crippen molar-refractivity contribution in [1.29, 1.82) is 0 Å². The van der Waals surface area contributed by atoms with Crippen LogP contribution in [-0.4, -0.2) is 48.2 Å². The van der Waals surface area contributed by atoms with E-state index in [-0.39, 0.29) is 47.7 Å². The summed E-state index contributed by atoms with van der Waals surface area (Å²) in [5.41, 5.74) is 19.8. The number of nitrogens with zero attached hydrogens (tertiary/aromatic N) is 5. The van der Waals surface area contributed by atoms with Crippen LogP contribution in [0.1, 0.15) is 31.2 Å². The lowest BCUT2D eigenvalue weighted by atomic mass is 10.1. The van der Waals surface area contributed by atoms with E-state index in [0.29, 0.717) is 24.9 Å². The number of aliphatic imine (C=N–C) groups is 1. The van der Waals surface area contributed by atoms with Gasteiger partial charge in [-0.25, -0.2) is 19.1 Å². The smallest absolute Gasteiger partial charge is 0.447 e. The third-order valence-corrected chi connectivity index (χ3v) is 8.29. The van der Waals surface area contributed by atoms with Gasteiger partial charge >= 0.3 is 25.8 Å². The van der Waals surface area contributed by atoms with Crippen LogP contribution >= 0.6 is 7.60 Å². The van der Waals surface area contributed by atoms with Gasteiger partial charge in [-0.15, -0.1) is 5.06 Å². The zero-order valence-electron chi connectivity index (χ0n) is 25.4. The summed E-state index contributed by atoms with van der Waals surface area (Å²) in [6, 6.07) is 20.9. The maximum atomic E-state index is 14.9. The van der Waals surface area contributed by atoms with Gasteiger partial charge in [-0.3, -0.25) is 0 Å². The predicted octanol–water partition coefficient (Wildman–Crippen LogP) is 7.14. The molecule has 0 aliphatic heterocycles. The molecule has 0 aliphatic carbocycles. The van der Waals surface area contributed by atoms with Crippen LogP contribution in [0.4, 0.5) is 23.7 Å². The molecular formula is C30H33F3N7O7P. The molecule has 18 heteroatoms. The Morgan fingerprint density at radius 2 is 1.44 bits per heavy atom. The lowest BCUT2D eigenvalue weighted by Gasteiger charge is -2.33. The molecule has 0 saturated heterocycles. The number of amides is 1. The minimum absolute atomic E-state index is 0.0268. The van der Waals surface area contributed by atoms with Gasteiger partial charge in [-0.1, -0.05) is 66.5 Å². The summed E-state index contributed by atoms with van der Waals surface area (Å²) >= 11 is 0. The molecule has 1 amide bonds. The molecule has 4 N–H and O–H groups in total. The lowest BCUT2D eigenvalue weighted by Crippen LogP contribution is -2.47. The second-order valence-electron chi connectivity index (χ2n) is 9.92. The van der Waals surface area contributed by atoms with E-state index in [1.54, 1.807) is 36.4 Å². The van der Waals surface area contributed by atoms with Crippen molar-refractivity contribution in [3.8, 4) is 11.5 Å². The van der Waals surface area contributed by atoms with Gasteiger partial charge in [0.25, 0.3) is 0 Å². The van der Waals surface area contributed by atoms with Crippen LogP contribution in [0.5, 0.6) is 11.5 Å². The molecule has 0 fully saturated rings. The molecule has 1 atom stereocenters. The molecule has 3 aromatic rings. The maximum absolute atomic E-state index is 14.9. The molecule has 0 aliphatic rings. The average molecular weight is 692 g/mol. The van der Waals surface area contributed by atoms with Crippen molar-refractivity contribution in [2.45, 2.75) is 44.1 Å². The van der Waals surface area contributed by atoms with Crippen LogP contribution in [0.15, 0.2) is 95.0 Å². The van der Waals surface area contributed by atoms with Crippen LogP contribution in [0, 0.1) is 0 Å². The van der Waals surface area contributed by atoms with Crippen molar-refractivity contribution in [2.75, 3.05) is 13.2 Å². The lowest BCUT2D eigenvalue weighted by molar-refractivity contribution is -0.233. The molecule has 1 unspecified atom stereocenters. The molecule has 256 valence electrons. The zero-order chi connectivity index (χ0) is 35.0. The minimum atomic E-state index is -5.55. The number of hydrogen-bond acceptors (Lipinski definition) is 9. The second-order valence-corrected chi connectivity index (χ2v) is 12.0. The minimum Gasteiger partial charge on any atom is -0.447 e. The number of para-hydroxylation sites is 2. The normalized spacial score (nSPS) is 11.7. The van der Waals surface area contributed by atoms with E-state index in [0.717, 1.165) is 0 Å². The predicted molar refractivity (Wildman–Crippen MR) is 169 cm³/mol. The number of azide groups is 1. The first-order valence-electron chi connectivity index (χ1n) is 14.4. The van der Waals surface area contributed by atoms with E-state index >= 15 is 0 Å². The SMILES string of the molecule is [N-]=[N+]=NCCCCCCOC(=O)N(OC(=O)C(F)(F)F)C(Cc1ccc(N=C(N)N)cc1)P(=O)(Oc1ccccc1)Oc1ccccc1. The Hall–Kier alpha value is -5.40. The molecular weight excluding hydrogens is 658 g/mol. The highest BCUT2D eigenvalue weighted by molar-refractivity contribution is 7.55. The van der Waals surface area contributed by atoms with Crippen LogP contribution in [0.3, 0.4) is 0 Å². The number of guanidine groups is 1. The van der Waals surface area contributed by atoms with Crippen LogP contribution < -0.4 is 20.5 Å². The number of carbonyl (C=O) groups excluding carboxylic acids is 2. The molecule has 0 aromatic heterocycles. The van der Waals surface area contributed by atoms with Gasteiger partial charge in [0, 0.05) is 17.9 Å². The summed E-state index contributed by atoms with van der Waals surface area (Å²) in [6.45, 7) is -0.0338. The summed E-state index contributed by atoms with van der Waals surface area (Å²) in [5.74, 6) is -5.10. The second kappa shape index (κ2) is 18.1. The average Bonchev–Trinajstić information content (AvgIpc) is 3.04. The van der Waals surface area contributed by atoms with Crippen molar-refractivity contribution >= 4 is 31.3 Å². The number of benzene rings is 3. The molecule has 48 heavy (non-hydrogen) atoms. The summed E-state index contributed by atoms with van der Waals surface area (Å²) in [5, 5.41) is 3.36. The molecule has 14 nitrogen and oxygen atoms in total. The Morgan fingerprint density at radius 3 is 1.96 bits per heavy atom. The molecule has 3 rings (SSSR count). The van der Waals surface area contributed by atoms with E-state index in [9.17, 15) is 27.3 Å². The van der Waals surface area contributed by atoms with Crippen molar-refractivity contribution in [3.63, 3.8) is 0 Å². The fraction of sp³-hybridized carbons (Fsp3) is 0.300. The summed E-state index contributed by atoms with van der Waals surface area (Å²) < 4.78 is 72.4. The van der Waals surface area contributed by atoms with Crippen LogP contribution in [0.2, 0.25) is 0 Å². The van der Waals surface area contributed by atoms with Crippen LogP contribution in [0.25, 0.3) is 10.4 Å². The number of alkyl halides is 3. The topological polar surface area (TPSA) is 205 Å². The van der Waals surface area contributed by atoms with Gasteiger partial charge < -0.3 is 30.1 Å². The Bertz CT molecular complexity index is 1560. The number of unbranched alkanes of at least 4 members (excludes halogenated alkanes) is 3. The quantitative estimate of drug-likeness (QED) is 0.0228. The Morgan fingerprint density at radius 1 is 0.875 bits per heavy atom. The molecule has 0 saturated carbocycles. The van der Waals surface area contributed by atoms with Gasteiger partial charge in [0.2, 0.25) is 5.78 Å². The number of nitrogens with two attached hydrogens (primary N) is 2. The number of hydroxylamine groups is 2. The molecule has 0 bridgehead atoms. The monoisotopic (exact) mass is 691 g/mol. The van der Waals surface area contributed by atoms with Gasteiger partial charge in [0.1, 0.15) is 11.5 Å². The van der Waals surface area contributed by atoms with Gasteiger partial charge in [0.15, 0.2) is 5.96 Å². The fourth-order valence-electron chi connectivity index (χ4n) is 4.05. The van der Waals surface area contributed by atoms with Gasteiger partial charge in [-0.05, 0) is 60.3 Å². The molecule has 0 heterocycles. The Kier molecular flexibility index (Phi) is 14.0. The Balaban J connectivity index is 2.06. The third kappa shape index (κ3) is 12.1. The largest absolute Gasteiger partial charge is 0.493 e. The number of halogens is 3. The van der Waals surface area contributed by atoms with E-state index in [4.69, 9.17) is 30.8 Å². The van der Waals surface area contributed by atoms with Gasteiger partial charge in [-0.2, -0.15) is 13.2 Å². The van der Waals surface area contributed by atoms with E-state index in [1.165, 1.54) is 48.5 Å². The highest BCUT2D eigenvalue weighted by Gasteiger charge is 2.52. The van der Waals surface area contributed by atoms with E-state index < -0.39 is 38.0 Å². The van der Waals surface area contributed by atoms with E-state index in [2.05, 4.69) is 19.9 Å². The van der Waals surface area contributed by atoms with Crippen molar-refractivity contribution in [3.05, 3.63) is 101 Å². The Labute approximate surface area is 273 Å². The summed E-state index contributed by atoms with van der Waals surface area (Å²) in [7, 11) is -4.88. The molecule has 0 spiro atoms. The first kappa shape index (κ1) is 37.1. The number of carbonyl (C=O) groups is 2. The number of rotatable bonds is 16. The van der Waals surface area contributed by atoms with Crippen molar-refractivity contribution < 1.29 is 45.9 Å². The first-order valence-corrected chi connectivity index (χ1v) is 16.1.